The third kappa shape index (κ3) is 4.28. The number of benzene rings is 1. The molecule has 1 aliphatic carbocycles. The second kappa shape index (κ2) is 9.23. The minimum absolute atomic E-state index is 0.0248. The molecule has 1 aliphatic heterocycles. The van der Waals surface area contributed by atoms with Gasteiger partial charge in [-0.15, -0.1) is 21.5 Å². The third-order valence-corrected chi connectivity index (χ3v) is 7.81. The van der Waals surface area contributed by atoms with Crippen LogP contribution in [0.4, 0.5) is 16.8 Å². The predicted molar refractivity (Wildman–Crippen MR) is 130 cm³/mol. The highest BCUT2D eigenvalue weighted by Gasteiger charge is 2.32. The number of aryl methyl sites for hydroxylation is 1. The molecule has 3 aromatic rings. The zero-order chi connectivity index (χ0) is 22.1. The lowest BCUT2D eigenvalue weighted by Crippen LogP contribution is -2.23. The maximum absolute atomic E-state index is 12.5. The molecule has 0 unspecified atom stereocenters. The maximum atomic E-state index is 12.5. The first-order valence-electron chi connectivity index (χ1n) is 11.3. The molecule has 168 valence electrons. The van der Waals surface area contributed by atoms with Crippen molar-refractivity contribution in [3.8, 4) is 0 Å². The van der Waals surface area contributed by atoms with Crippen molar-refractivity contribution in [3.63, 3.8) is 0 Å². The van der Waals surface area contributed by atoms with Gasteiger partial charge in [-0.25, -0.2) is 4.98 Å². The number of para-hydroxylation sites is 1. The first-order chi connectivity index (χ1) is 15.7. The van der Waals surface area contributed by atoms with Crippen LogP contribution in [0.25, 0.3) is 0 Å². The topological polar surface area (TPSA) is 67.2 Å². The molecule has 9 heteroatoms. The number of carbonyl (C=O) groups excluding carboxylic acids is 1. The zero-order valence-electron chi connectivity index (χ0n) is 18.5. The molecule has 2 aliphatic rings. The molecule has 7 nitrogen and oxygen atoms in total. The van der Waals surface area contributed by atoms with Crippen LogP contribution >= 0.6 is 23.1 Å². The number of thiazole rings is 1. The van der Waals surface area contributed by atoms with Gasteiger partial charge in [0.25, 0.3) is 0 Å². The van der Waals surface area contributed by atoms with E-state index < -0.39 is 0 Å². The Labute approximate surface area is 196 Å². The van der Waals surface area contributed by atoms with Crippen LogP contribution in [-0.2, 0) is 17.0 Å². The summed E-state index contributed by atoms with van der Waals surface area (Å²) in [5, 5.41) is 12.8. The van der Waals surface area contributed by atoms with E-state index in [1.54, 1.807) is 23.6 Å². The van der Waals surface area contributed by atoms with Crippen molar-refractivity contribution in [2.24, 2.45) is 0 Å². The molecule has 0 N–H and O–H groups in total. The van der Waals surface area contributed by atoms with E-state index in [2.05, 4.69) is 32.7 Å². The first-order valence-corrected chi connectivity index (χ1v) is 13.2. The highest BCUT2D eigenvalue weighted by Crippen LogP contribution is 2.42. The summed E-state index contributed by atoms with van der Waals surface area (Å²) < 4.78 is 2.34. The highest BCUT2D eigenvalue weighted by molar-refractivity contribution is 7.98. The van der Waals surface area contributed by atoms with E-state index in [0.717, 1.165) is 52.7 Å². The van der Waals surface area contributed by atoms with E-state index in [4.69, 9.17) is 4.98 Å². The molecule has 1 amide bonds. The van der Waals surface area contributed by atoms with Crippen molar-refractivity contribution >= 4 is 45.8 Å². The number of amides is 1. The summed E-state index contributed by atoms with van der Waals surface area (Å²) in [4.78, 5) is 21.4. The second-order valence-electron chi connectivity index (χ2n) is 8.32. The molecular formula is C23H28N6OS2. The fraction of sp³-hybridized carbons (Fsp3) is 0.478. The van der Waals surface area contributed by atoms with Gasteiger partial charge in [0.1, 0.15) is 0 Å². The van der Waals surface area contributed by atoms with Crippen molar-refractivity contribution in [1.29, 1.82) is 0 Å². The normalized spacial score (nSPS) is 16.0. The zero-order valence-corrected chi connectivity index (χ0v) is 20.2. The maximum Gasteiger partial charge on any atom is 0.230 e. The summed E-state index contributed by atoms with van der Waals surface area (Å²) in [6, 6.07) is 8.58. The standard InChI is InChI=1S/C23H28N6OS2/c1-3-17-8-4-5-9-20(17)28(16(2)30)22-24-18(14-31-22)15-32-23-26-25-21(27-12-6-7-13-27)29(23)19-10-11-19/h4-5,8-9,14,19H,3,6-7,10-13,15H2,1-2H3. The number of hydrogen-bond acceptors (Lipinski definition) is 7. The van der Waals surface area contributed by atoms with Gasteiger partial charge < -0.3 is 4.90 Å². The fourth-order valence-electron chi connectivity index (χ4n) is 4.19. The number of carbonyl (C=O) groups is 1. The van der Waals surface area contributed by atoms with Gasteiger partial charge in [0, 0.05) is 37.2 Å². The van der Waals surface area contributed by atoms with E-state index in [1.807, 2.05) is 23.6 Å². The molecule has 2 fully saturated rings. The Balaban J connectivity index is 1.34. The van der Waals surface area contributed by atoms with Crippen LogP contribution in [0, 0.1) is 0 Å². The van der Waals surface area contributed by atoms with E-state index in [1.165, 1.54) is 37.0 Å². The summed E-state index contributed by atoms with van der Waals surface area (Å²) in [6.07, 6.45) is 5.74. The van der Waals surface area contributed by atoms with Crippen molar-refractivity contribution in [2.75, 3.05) is 22.9 Å². The number of aromatic nitrogens is 4. The Kier molecular flexibility index (Phi) is 6.19. The molecule has 1 saturated heterocycles. The highest BCUT2D eigenvalue weighted by atomic mass is 32.2. The van der Waals surface area contributed by atoms with Crippen molar-refractivity contribution in [3.05, 3.63) is 40.9 Å². The average molecular weight is 469 g/mol. The Morgan fingerprint density at radius 3 is 2.72 bits per heavy atom. The van der Waals surface area contributed by atoms with Gasteiger partial charge in [-0.3, -0.25) is 14.3 Å². The van der Waals surface area contributed by atoms with Gasteiger partial charge in [-0.2, -0.15) is 0 Å². The largest absolute Gasteiger partial charge is 0.341 e. The minimum Gasteiger partial charge on any atom is -0.341 e. The van der Waals surface area contributed by atoms with Gasteiger partial charge in [-0.1, -0.05) is 36.9 Å². The van der Waals surface area contributed by atoms with E-state index in [0.29, 0.717) is 11.8 Å². The lowest BCUT2D eigenvalue weighted by molar-refractivity contribution is -0.115. The SMILES string of the molecule is CCc1ccccc1N(C(C)=O)c1nc(CSc2nnc(N3CCCC3)n2C2CC2)cs1. The molecule has 0 atom stereocenters. The average Bonchev–Trinajstić information content (AvgIpc) is 3.19. The van der Waals surface area contributed by atoms with Crippen LogP contribution in [0.1, 0.15) is 56.8 Å². The smallest absolute Gasteiger partial charge is 0.230 e. The van der Waals surface area contributed by atoms with E-state index in [9.17, 15) is 4.79 Å². The third-order valence-electron chi connectivity index (χ3n) is 5.96. The number of hydrogen-bond donors (Lipinski definition) is 0. The van der Waals surface area contributed by atoms with Crippen molar-refractivity contribution < 1.29 is 4.79 Å². The molecular weight excluding hydrogens is 440 g/mol. The molecule has 2 aromatic heterocycles. The summed E-state index contributed by atoms with van der Waals surface area (Å²) in [6.45, 7) is 5.85. The van der Waals surface area contributed by atoms with Crippen LogP contribution < -0.4 is 9.80 Å². The lowest BCUT2D eigenvalue weighted by atomic mass is 10.1. The fourth-order valence-corrected chi connectivity index (χ4v) is 6.07. The number of anilines is 3. The van der Waals surface area contributed by atoms with Gasteiger partial charge in [0.15, 0.2) is 10.3 Å². The Morgan fingerprint density at radius 1 is 1.22 bits per heavy atom. The molecule has 0 spiro atoms. The predicted octanol–water partition coefficient (Wildman–Crippen LogP) is 5.21. The summed E-state index contributed by atoms with van der Waals surface area (Å²) in [5.41, 5.74) is 3.02. The van der Waals surface area contributed by atoms with E-state index >= 15 is 0 Å². The second-order valence-corrected chi connectivity index (χ2v) is 10.1. The molecule has 0 radical (unpaired) electrons. The molecule has 3 heterocycles. The van der Waals surface area contributed by atoms with Crippen LogP contribution in [0.2, 0.25) is 0 Å². The first kappa shape index (κ1) is 21.5. The van der Waals surface area contributed by atoms with Crippen LogP contribution in [-0.4, -0.2) is 38.7 Å². The molecule has 0 bridgehead atoms. The lowest BCUT2D eigenvalue weighted by Gasteiger charge is -2.21. The van der Waals surface area contributed by atoms with E-state index in [-0.39, 0.29) is 5.91 Å². The van der Waals surface area contributed by atoms with Gasteiger partial charge in [0.2, 0.25) is 11.9 Å². The van der Waals surface area contributed by atoms with Gasteiger partial charge in [0.05, 0.1) is 11.4 Å². The Morgan fingerprint density at radius 2 is 2.00 bits per heavy atom. The quantitative estimate of drug-likeness (QED) is 0.423. The van der Waals surface area contributed by atoms with Gasteiger partial charge in [-0.05, 0) is 43.7 Å². The monoisotopic (exact) mass is 468 g/mol. The molecule has 32 heavy (non-hydrogen) atoms. The number of rotatable bonds is 8. The van der Waals surface area contributed by atoms with Crippen molar-refractivity contribution in [1.82, 2.24) is 19.7 Å². The van der Waals surface area contributed by atoms with Crippen molar-refractivity contribution in [2.45, 2.75) is 62.9 Å². The summed E-state index contributed by atoms with van der Waals surface area (Å²) in [5.74, 6) is 1.72. The van der Waals surface area contributed by atoms with Gasteiger partial charge >= 0.3 is 0 Å². The Hall–Kier alpha value is -2.39. The van der Waals surface area contributed by atoms with Crippen LogP contribution in [0.5, 0.6) is 0 Å². The summed E-state index contributed by atoms with van der Waals surface area (Å²) in [7, 11) is 0. The summed E-state index contributed by atoms with van der Waals surface area (Å²) >= 11 is 3.20. The van der Waals surface area contributed by atoms with Crippen LogP contribution in [0.3, 0.4) is 0 Å². The molecule has 1 aromatic carbocycles. The van der Waals surface area contributed by atoms with Crippen LogP contribution in [0.15, 0.2) is 34.8 Å². The Bertz CT molecular complexity index is 1100. The molecule has 1 saturated carbocycles. The minimum atomic E-state index is -0.0248. The number of nitrogens with zero attached hydrogens (tertiary/aromatic N) is 6. The molecule has 5 rings (SSSR count). The number of thioether (sulfide) groups is 1.